The highest BCUT2D eigenvalue weighted by Crippen LogP contribution is 2.28. The Balaban J connectivity index is 1.36. The van der Waals surface area contributed by atoms with E-state index in [-0.39, 0.29) is 24.2 Å². The van der Waals surface area contributed by atoms with Crippen LogP contribution in [0.5, 0.6) is 5.75 Å². The maximum absolute atomic E-state index is 12.7. The summed E-state index contributed by atoms with van der Waals surface area (Å²) in [5.41, 5.74) is 1.69. The van der Waals surface area contributed by atoms with E-state index in [1.807, 2.05) is 48.5 Å². The number of hydrogen-bond donors (Lipinski definition) is 0. The molecule has 1 atom stereocenters. The van der Waals surface area contributed by atoms with Gasteiger partial charge in [0.1, 0.15) is 12.4 Å². The second-order valence-corrected chi connectivity index (χ2v) is 7.62. The molecular formula is C22H23ClN2O4. The summed E-state index contributed by atoms with van der Waals surface area (Å²) in [6.45, 7) is 3.10. The molecule has 0 spiro atoms. The minimum atomic E-state index is -0.295. The highest BCUT2D eigenvalue weighted by atomic mass is 35.5. The van der Waals surface area contributed by atoms with Crippen LogP contribution in [0, 0.1) is 5.92 Å². The Bertz CT molecular complexity index is 881. The van der Waals surface area contributed by atoms with Crippen molar-refractivity contribution in [3.63, 3.8) is 0 Å². The van der Waals surface area contributed by atoms with Crippen molar-refractivity contribution < 1.29 is 19.1 Å². The summed E-state index contributed by atoms with van der Waals surface area (Å²) in [6.07, 6.45) is 0.251. The predicted octanol–water partition coefficient (Wildman–Crippen LogP) is 3.13. The lowest BCUT2D eigenvalue weighted by atomic mass is 10.1. The minimum absolute atomic E-state index is 0.0265. The molecule has 29 heavy (non-hydrogen) atoms. The number of hydrogen-bond acceptors (Lipinski definition) is 4. The number of rotatable bonds is 5. The van der Waals surface area contributed by atoms with Crippen molar-refractivity contribution in [1.82, 2.24) is 4.90 Å². The van der Waals surface area contributed by atoms with Gasteiger partial charge in [-0.1, -0.05) is 29.8 Å². The summed E-state index contributed by atoms with van der Waals surface area (Å²) in [4.78, 5) is 28.7. The molecule has 0 bridgehead atoms. The Morgan fingerprint density at radius 1 is 1.10 bits per heavy atom. The van der Waals surface area contributed by atoms with Crippen LogP contribution in [0.2, 0.25) is 5.02 Å². The summed E-state index contributed by atoms with van der Waals surface area (Å²) in [5, 5.41) is 0.669. The van der Waals surface area contributed by atoms with E-state index in [9.17, 15) is 9.59 Å². The van der Waals surface area contributed by atoms with Gasteiger partial charge in [0.05, 0.1) is 19.1 Å². The van der Waals surface area contributed by atoms with Crippen molar-refractivity contribution in [1.29, 1.82) is 0 Å². The lowest BCUT2D eigenvalue weighted by Gasteiger charge is -2.29. The fraction of sp³-hybridized carbons (Fsp3) is 0.364. The maximum atomic E-state index is 12.7. The van der Waals surface area contributed by atoms with Crippen LogP contribution >= 0.6 is 11.6 Å². The minimum Gasteiger partial charge on any atom is -0.489 e. The first-order valence-electron chi connectivity index (χ1n) is 9.75. The van der Waals surface area contributed by atoms with Crippen molar-refractivity contribution in [2.45, 2.75) is 13.0 Å². The average Bonchev–Trinajstić information content (AvgIpc) is 3.15. The van der Waals surface area contributed by atoms with Crippen molar-refractivity contribution >= 4 is 29.1 Å². The Labute approximate surface area is 174 Å². The van der Waals surface area contributed by atoms with Crippen LogP contribution in [0.3, 0.4) is 0 Å². The summed E-state index contributed by atoms with van der Waals surface area (Å²) in [7, 11) is 0. The molecule has 2 heterocycles. The number of carbonyl (C=O) groups excluding carboxylic acids is 2. The molecule has 2 aliphatic heterocycles. The first-order chi connectivity index (χ1) is 14.1. The Morgan fingerprint density at radius 2 is 1.83 bits per heavy atom. The highest BCUT2D eigenvalue weighted by molar-refractivity contribution is 6.31. The fourth-order valence-electron chi connectivity index (χ4n) is 3.66. The van der Waals surface area contributed by atoms with Gasteiger partial charge in [0.25, 0.3) is 0 Å². The van der Waals surface area contributed by atoms with E-state index in [0.29, 0.717) is 50.2 Å². The number of ether oxygens (including phenoxy) is 2. The number of benzene rings is 2. The van der Waals surface area contributed by atoms with E-state index in [2.05, 4.69) is 0 Å². The van der Waals surface area contributed by atoms with Gasteiger partial charge in [-0.15, -0.1) is 0 Å². The van der Waals surface area contributed by atoms with Gasteiger partial charge < -0.3 is 19.3 Å². The molecule has 0 saturated carbocycles. The molecular weight excluding hydrogens is 392 g/mol. The number of amides is 2. The fourth-order valence-corrected chi connectivity index (χ4v) is 3.85. The zero-order valence-corrected chi connectivity index (χ0v) is 16.8. The van der Waals surface area contributed by atoms with E-state index < -0.39 is 0 Å². The van der Waals surface area contributed by atoms with Gasteiger partial charge in [0, 0.05) is 42.3 Å². The molecule has 0 N–H and O–H groups in total. The van der Waals surface area contributed by atoms with Crippen LogP contribution in [0.25, 0.3) is 0 Å². The largest absolute Gasteiger partial charge is 0.489 e. The molecule has 2 amide bonds. The van der Waals surface area contributed by atoms with Crippen LogP contribution in [0.4, 0.5) is 5.69 Å². The molecule has 2 aliphatic rings. The highest BCUT2D eigenvalue weighted by Gasteiger charge is 2.37. The third kappa shape index (κ3) is 4.54. The van der Waals surface area contributed by atoms with Gasteiger partial charge in [0.15, 0.2) is 0 Å². The van der Waals surface area contributed by atoms with Crippen LogP contribution in [-0.4, -0.2) is 49.6 Å². The lowest BCUT2D eigenvalue weighted by molar-refractivity contribution is -0.139. The smallest absolute Gasteiger partial charge is 0.228 e. The molecule has 2 aromatic carbocycles. The van der Waals surface area contributed by atoms with Gasteiger partial charge in [-0.2, -0.15) is 0 Å². The van der Waals surface area contributed by atoms with E-state index in [4.69, 9.17) is 21.1 Å². The molecule has 7 heteroatoms. The van der Waals surface area contributed by atoms with Gasteiger partial charge in [-0.05, 0) is 30.3 Å². The third-order valence-corrected chi connectivity index (χ3v) is 5.67. The Morgan fingerprint density at radius 3 is 2.55 bits per heavy atom. The van der Waals surface area contributed by atoms with Crippen molar-refractivity contribution in [3.8, 4) is 5.75 Å². The standard InChI is InChI=1S/C22H23ClN2O4/c23-20-4-2-1-3-16(20)15-29-19-7-5-18(6-8-19)25-14-17(13-21(25)26)22(27)24-9-11-28-12-10-24/h1-8,17H,9-15H2/t17-/m1/s1. The third-order valence-electron chi connectivity index (χ3n) is 5.30. The molecule has 2 fully saturated rings. The molecule has 2 saturated heterocycles. The van der Waals surface area contributed by atoms with Crippen molar-refractivity contribution in [2.24, 2.45) is 5.92 Å². The summed E-state index contributed by atoms with van der Waals surface area (Å²) >= 11 is 6.15. The van der Waals surface area contributed by atoms with Gasteiger partial charge in [-0.3, -0.25) is 9.59 Å². The molecule has 0 aromatic heterocycles. The zero-order valence-electron chi connectivity index (χ0n) is 16.1. The van der Waals surface area contributed by atoms with E-state index in [1.54, 1.807) is 9.80 Å². The lowest BCUT2D eigenvalue weighted by Crippen LogP contribution is -2.44. The first-order valence-corrected chi connectivity index (χ1v) is 10.1. The zero-order chi connectivity index (χ0) is 20.2. The summed E-state index contributed by atoms with van der Waals surface area (Å²) < 4.78 is 11.1. The van der Waals surface area contributed by atoms with Gasteiger partial charge >= 0.3 is 0 Å². The molecule has 0 unspecified atom stereocenters. The van der Waals surface area contributed by atoms with E-state index in [0.717, 1.165) is 11.3 Å². The number of halogens is 1. The molecule has 0 aliphatic carbocycles. The van der Waals surface area contributed by atoms with Crippen LogP contribution in [0.15, 0.2) is 48.5 Å². The Kier molecular flexibility index (Phi) is 6.02. The summed E-state index contributed by atoms with van der Waals surface area (Å²) in [6, 6.07) is 14.9. The SMILES string of the molecule is O=C([C@@H]1CC(=O)N(c2ccc(OCc3ccccc3Cl)cc2)C1)N1CCOCC1. The van der Waals surface area contributed by atoms with Crippen LogP contribution in [-0.2, 0) is 20.9 Å². The first kappa shape index (κ1) is 19.7. The second kappa shape index (κ2) is 8.84. The number of morpholine rings is 1. The Hall–Kier alpha value is -2.57. The van der Waals surface area contributed by atoms with Crippen molar-refractivity contribution in [3.05, 3.63) is 59.1 Å². The number of nitrogens with zero attached hydrogens (tertiary/aromatic N) is 2. The number of anilines is 1. The maximum Gasteiger partial charge on any atom is 0.228 e. The van der Waals surface area contributed by atoms with Crippen LogP contribution in [0.1, 0.15) is 12.0 Å². The molecule has 152 valence electrons. The molecule has 0 radical (unpaired) electrons. The molecule has 4 rings (SSSR count). The second-order valence-electron chi connectivity index (χ2n) is 7.22. The van der Waals surface area contributed by atoms with E-state index in [1.165, 1.54) is 0 Å². The average molecular weight is 415 g/mol. The van der Waals surface area contributed by atoms with E-state index >= 15 is 0 Å². The van der Waals surface area contributed by atoms with Gasteiger partial charge in [-0.25, -0.2) is 0 Å². The number of carbonyl (C=O) groups is 2. The topological polar surface area (TPSA) is 59.1 Å². The monoisotopic (exact) mass is 414 g/mol. The van der Waals surface area contributed by atoms with Crippen LogP contribution < -0.4 is 9.64 Å². The molecule has 2 aromatic rings. The quantitative estimate of drug-likeness (QED) is 0.754. The predicted molar refractivity (Wildman–Crippen MR) is 110 cm³/mol. The van der Waals surface area contributed by atoms with Crippen molar-refractivity contribution in [2.75, 3.05) is 37.7 Å². The summed E-state index contributed by atoms with van der Waals surface area (Å²) in [5.74, 6) is 0.420. The van der Waals surface area contributed by atoms with Gasteiger partial charge in [0.2, 0.25) is 11.8 Å². The molecule has 6 nitrogen and oxygen atoms in total. The normalized spacial score (nSPS) is 19.5.